The van der Waals surface area contributed by atoms with Crippen LogP contribution in [0.25, 0.3) is 22.2 Å². The molecule has 0 atom stereocenters. The molecule has 202 valence electrons. The molecule has 0 radical (unpaired) electrons. The van der Waals surface area contributed by atoms with E-state index in [2.05, 4.69) is 28.3 Å². The Balaban J connectivity index is 1.01. The number of aromatic amines is 1. The van der Waals surface area contributed by atoms with E-state index < -0.39 is 0 Å². The number of benzene rings is 2. The van der Waals surface area contributed by atoms with E-state index in [1.807, 2.05) is 51.6 Å². The lowest BCUT2D eigenvalue weighted by Gasteiger charge is -2.31. The fraction of sp³-hybridized carbons (Fsp3) is 0.290. The van der Waals surface area contributed by atoms with Gasteiger partial charge in [-0.3, -0.25) is 9.59 Å². The predicted molar refractivity (Wildman–Crippen MR) is 153 cm³/mol. The molecule has 0 unspecified atom stereocenters. The zero-order valence-corrected chi connectivity index (χ0v) is 23.0. The van der Waals surface area contributed by atoms with E-state index in [1.165, 1.54) is 10.9 Å². The van der Waals surface area contributed by atoms with Gasteiger partial charge in [-0.15, -0.1) is 11.3 Å². The van der Waals surface area contributed by atoms with E-state index in [0.717, 1.165) is 41.0 Å². The number of aromatic nitrogens is 3. The molecule has 9 heteroatoms. The highest BCUT2D eigenvalue weighted by atomic mass is 32.1. The van der Waals surface area contributed by atoms with Crippen molar-refractivity contribution in [3.63, 3.8) is 0 Å². The molecular weight excluding hydrogens is 522 g/mol. The summed E-state index contributed by atoms with van der Waals surface area (Å²) in [6.45, 7) is 4.30. The van der Waals surface area contributed by atoms with Gasteiger partial charge in [0.25, 0.3) is 11.8 Å². The van der Waals surface area contributed by atoms with Crippen molar-refractivity contribution in [2.24, 2.45) is 0 Å². The highest BCUT2D eigenvalue weighted by Crippen LogP contribution is 2.34. The molecule has 5 heterocycles. The first kappa shape index (κ1) is 24.8. The highest BCUT2D eigenvalue weighted by molar-refractivity contribution is 7.09. The number of carbonyl (C=O) groups is 2. The number of hydrogen-bond acceptors (Lipinski definition) is 6. The molecule has 5 aromatic rings. The maximum Gasteiger partial charge on any atom is 0.273 e. The van der Waals surface area contributed by atoms with Gasteiger partial charge >= 0.3 is 0 Å². The summed E-state index contributed by atoms with van der Waals surface area (Å²) in [5.74, 6) is 0.698. The van der Waals surface area contributed by atoms with E-state index >= 15 is 0 Å². The molecule has 3 aromatic heterocycles. The highest BCUT2D eigenvalue weighted by Gasteiger charge is 2.32. The van der Waals surface area contributed by atoms with Crippen LogP contribution < -0.4 is 0 Å². The maximum atomic E-state index is 13.5. The third-order valence-electron chi connectivity index (χ3n) is 8.17. The fourth-order valence-electron chi connectivity index (χ4n) is 6.01. The molecule has 0 spiro atoms. The Morgan fingerprint density at radius 2 is 1.75 bits per heavy atom. The molecule has 1 N–H and O–H groups in total. The number of fused-ring (bicyclic) bond motifs is 3. The number of hydrogen-bond donors (Lipinski definition) is 1. The first-order chi connectivity index (χ1) is 19.6. The van der Waals surface area contributed by atoms with Gasteiger partial charge in [-0.1, -0.05) is 53.7 Å². The number of carbonyl (C=O) groups excluding carboxylic acids is 2. The van der Waals surface area contributed by atoms with Crippen LogP contribution in [0.4, 0.5) is 0 Å². The maximum absolute atomic E-state index is 13.5. The van der Waals surface area contributed by atoms with E-state index in [4.69, 9.17) is 9.51 Å². The average Bonchev–Trinajstić information content (AvgIpc) is 3.73. The van der Waals surface area contributed by atoms with Gasteiger partial charge in [0, 0.05) is 53.1 Å². The van der Waals surface area contributed by atoms with Crippen molar-refractivity contribution in [2.75, 3.05) is 19.6 Å². The second-order valence-corrected chi connectivity index (χ2v) is 11.5. The number of likely N-dealkylation sites (tertiary alicyclic amines) is 1. The van der Waals surface area contributed by atoms with E-state index in [9.17, 15) is 9.59 Å². The standard InChI is InChI=1S/C31H29N5O3S/c1-19-27(28(34-39-19)20-7-3-2-4-8-20)31(38)35-14-11-21(12-15-35)29-33-26(18-40-29)30(37)36-16-13-23-22-9-5-6-10-24(22)32-25(23)17-36/h2-10,18,21,32H,11-17H2,1H3. The van der Waals surface area contributed by atoms with Gasteiger partial charge in [0.05, 0.1) is 11.6 Å². The first-order valence-electron chi connectivity index (χ1n) is 13.7. The average molecular weight is 552 g/mol. The van der Waals surface area contributed by atoms with Crippen molar-refractivity contribution < 1.29 is 14.1 Å². The number of rotatable bonds is 4. The predicted octanol–water partition coefficient (Wildman–Crippen LogP) is 5.81. The van der Waals surface area contributed by atoms with Gasteiger partial charge in [-0.05, 0) is 37.8 Å². The molecule has 2 amide bonds. The summed E-state index contributed by atoms with van der Waals surface area (Å²) >= 11 is 1.55. The Hall–Kier alpha value is -4.24. The lowest BCUT2D eigenvalue weighted by Crippen LogP contribution is -2.38. The second-order valence-electron chi connectivity index (χ2n) is 10.6. The van der Waals surface area contributed by atoms with Crippen LogP contribution in [0.1, 0.15) is 61.6 Å². The second kappa shape index (κ2) is 10.1. The van der Waals surface area contributed by atoms with Crippen LogP contribution in [-0.2, 0) is 13.0 Å². The number of H-pyrrole nitrogens is 1. The summed E-state index contributed by atoms with van der Waals surface area (Å²) in [6.07, 6.45) is 2.45. The quantitative estimate of drug-likeness (QED) is 0.304. The van der Waals surface area contributed by atoms with Crippen LogP contribution in [0.3, 0.4) is 0 Å². The number of amides is 2. The van der Waals surface area contributed by atoms with Crippen molar-refractivity contribution in [1.29, 1.82) is 0 Å². The molecule has 8 nitrogen and oxygen atoms in total. The van der Waals surface area contributed by atoms with Gasteiger partial charge < -0.3 is 19.3 Å². The number of nitrogens with one attached hydrogen (secondary N) is 1. The largest absolute Gasteiger partial charge is 0.360 e. The summed E-state index contributed by atoms with van der Waals surface area (Å²) in [6, 6.07) is 18.0. The lowest BCUT2D eigenvalue weighted by atomic mass is 9.96. The van der Waals surface area contributed by atoms with Crippen LogP contribution in [0, 0.1) is 6.92 Å². The molecule has 1 saturated heterocycles. The molecule has 1 fully saturated rings. The monoisotopic (exact) mass is 551 g/mol. The minimum absolute atomic E-state index is 0.0178. The molecule has 7 rings (SSSR count). The molecular formula is C31H29N5O3S. The number of aryl methyl sites for hydroxylation is 1. The van der Waals surface area contributed by atoms with Crippen molar-refractivity contribution in [3.8, 4) is 11.3 Å². The normalized spacial score (nSPS) is 15.9. The molecule has 0 aliphatic carbocycles. The number of nitrogens with zero attached hydrogens (tertiary/aromatic N) is 4. The number of piperidine rings is 1. The van der Waals surface area contributed by atoms with Crippen LogP contribution in [0.15, 0.2) is 64.5 Å². The number of para-hydroxylation sites is 1. The number of thiazole rings is 1. The summed E-state index contributed by atoms with van der Waals surface area (Å²) in [4.78, 5) is 38.9. The topological polar surface area (TPSA) is 95.3 Å². The zero-order chi connectivity index (χ0) is 27.2. The smallest absolute Gasteiger partial charge is 0.273 e. The molecule has 2 aliphatic rings. The van der Waals surface area contributed by atoms with E-state index in [1.54, 1.807) is 18.3 Å². The Labute approximate surface area is 235 Å². The zero-order valence-electron chi connectivity index (χ0n) is 22.2. The molecule has 2 aromatic carbocycles. The van der Waals surface area contributed by atoms with Crippen LogP contribution >= 0.6 is 11.3 Å². The third-order valence-corrected chi connectivity index (χ3v) is 9.17. The Morgan fingerprint density at radius 3 is 2.58 bits per heavy atom. The summed E-state index contributed by atoms with van der Waals surface area (Å²) in [7, 11) is 0. The molecule has 0 bridgehead atoms. The van der Waals surface area contributed by atoms with Gasteiger partial charge in [-0.25, -0.2) is 4.98 Å². The summed E-state index contributed by atoms with van der Waals surface area (Å²) in [5.41, 5.74) is 6.07. The SMILES string of the molecule is Cc1onc(-c2ccccc2)c1C(=O)N1CCC(c2nc(C(=O)N3CCc4c([nH]c5ccccc45)C3)cs2)CC1. The van der Waals surface area contributed by atoms with E-state index in [-0.39, 0.29) is 17.7 Å². The van der Waals surface area contributed by atoms with Gasteiger partial charge in [-0.2, -0.15) is 0 Å². The van der Waals surface area contributed by atoms with E-state index in [0.29, 0.717) is 48.9 Å². The van der Waals surface area contributed by atoms with Crippen LogP contribution in [0.5, 0.6) is 0 Å². The Morgan fingerprint density at radius 1 is 0.975 bits per heavy atom. The third kappa shape index (κ3) is 4.30. The van der Waals surface area contributed by atoms with Crippen LogP contribution in [-0.4, -0.2) is 56.4 Å². The minimum atomic E-state index is -0.0486. The van der Waals surface area contributed by atoms with Crippen molar-refractivity contribution in [1.82, 2.24) is 24.9 Å². The Kier molecular flexibility index (Phi) is 6.23. The van der Waals surface area contributed by atoms with Crippen molar-refractivity contribution >= 4 is 34.1 Å². The van der Waals surface area contributed by atoms with Crippen LogP contribution in [0.2, 0.25) is 0 Å². The summed E-state index contributed by atoms with van der Waals surface area (Å²) in [5, 5.41) is 8.30. The molecule has 0 saturated carbocycles. The van der Waals surface area contributed by atoms with Crippen molar-refractivity contribution in [3.05, 3.63) is 93.3 Å². The van der Waals surface area contributed by atoms with Gasteiger partial charge in [0.1, 0.15) is 22.7 Å². The Bertz CT molecular complexity index is 1710. The lowest BCUT2D eigenvalue weighted by molar-refractivity contribution is 0.0711. The summed E-state index contributed by atoms with van der Waals surface area (Å²) < 4.78 is 5.42. The first-order valence-corrected chi connectivity index (χ1v) is 14.6. The minimum Gasteiger partial charge on any atom is -0.360 e. The molecule has 40 heavy (non-hydrogen) atoms. The van der Waals surface area contributed by atoms with Crippen molar-refractivity contribution in [2.45, 2.75) is 38.6 Å². The van der Waals surface area contributed by atoms with Gasteiger partial charge in [0.2, 0.25) is 0 Å². The fourth-order valence-corrected chi connectivity index (χ4v) is 6.97. The molecule has 2 aliphatic heterocycles. The van der Waals surface area contributed by atoms with Gasteiger partial charge in [0.15, 0.2) is 0 Å².